The molecule has 5 nitrogen and oxygen atoms in total. The molecule has 0 unspecified atom stereocenters. The fourth-order valence-corrected chi connectivity index (χ4v) is 0.822. The third-order valence-corrected chi connectivity index (χ3v) is 1.41. The predicted molar refractivity (Wildman–Crippen MR) is 47.5 cm³/mol. The highest BCUT2D eigenvalue weighted by molar-refractivity contribution is 5.97. The molecule has 0 aromatic heterocycles. The lowest BCUT2D eigenvalue weighted by Crippen LogP contribution is -2.14. The van der Waals surface area contributed by atoms with Crippen LogP contribution in [0.3, 0.4) is 0 Å². The molecule has 0 bridgehead atoms. The molecule has 0 saturated heterocycles. The van der Waals surface area contributed by atoms with Crippen molar-refractivity contribution < 1.29 is 14.3 Å². The Morgan fingerprint density at radius 1 is 1.21 bits per heavy atom. The Morgan fingerprint density at radius 3 is 2.43 bits per heavy atom. The van der Waals surface area contributed by atoms with E-state index in [9.17, 15) is 14.5 Å². The average Bonchev–Trinajstić information content (AvgIpc) is 2.19. The van der Waals surface area contributed by atoms with Crippen molar-refractivity contribution in [2.24, 2.45) is 5.18 Å². The molecule has 5 heteroatoms. The monoisotopic (exact) mass is 193 g/mol. The van der Waals surface area contributed by atoms with E-state index in [-0.39, 0.29) is 5.56 Å². The van der Waals surface area contributed by atoms with Crippen molar-refractivity contribution in [2.75, 3.05) is 6.54 Å². The highest BCUT2D eigenvalue weighted by Crippen LogP contribution is 2.00. The summed E-state index contributed by atoms with van der Waals surface area (Å²) in [5.41, 5.74) is 0.256. The van der Waals surface area contributed by atoms with E-state index in [1.165, 1.54) is 12.1 Å². The number of carbonyl (C=O) groups is 2. The van der Waals surface area contributed by atoms with Gasteiger partial charge in [-0.05, 0) is 12.1 Å². The number of nitrogens with zero attached hydrogens (tertiary/aromatic N) is 1. The summed E-state index contributed by atoms with van der Waals surface area (Å²) >= 11 is 0. The zero-order chi connectivity index (χ0) is 10.4. The molecular weight excluding hydrogens is 186 g/mol. The fourth-order valence-electron chi connectivity index (χ4n) is 0.822. The largest absolute Gasteiger partial charge is 0.388 e. The summed E-state index contributed by atoms with van der Waals surface area (Å²) < 4.78 is 4.31. The maximum atomic E-state index is 11.1. The van der Waals surface area contributed by atoms with E-state index in [2.05, 4.69) is 9.91 Å². The lowest BCUT2D eigenvalue weighted by Gasteiger charge is -1.99. The fraction of sp³-hybridized carbons (Fsp3) is 0.111. The summed E-state index contributed by atoms with van der Waals surface area (Å²) in [6.07, 6.45) is 0. The van der Waals surface area contributed by atoms with Crippen LogP contribution in [0.2, 0.25) is 0 Å². The molecule has 1 aromatic carbocycles. The van der Waals surface area contributed by atoms with E-state index in [4.69, 9.17) is 0 Å². The van der Waals surface area contributed by atoms with Gasteiger partial charge >= 0.3 is 11.9 Å². The molecule has 1 rings (SSSR count). The van der Waals surface area contributed by atoms with Crippen LogP contribution in [0, 0.1) is 4.91 Å². The van der Waals surface area contributed by atoms with Crippen LogP contribution in [-0.2, 0) is 9.53 Å². The van der Waals surface area contributed by atoms with Gasteiger partial charge in [0.1, 0.15) is 0 Å². The zero-order valence-corrected chi connectivity index (χ0v) is 7.17. The Kier molecular flexibility index (Phi) is 3.49. The second-order valence-electron chi connectivity index (χ2n) is 2.41. The van der Waals surface area contributed by atoms with Crippen molar-refractivity contribution in [1.82, 2.24) is 0 Å². The summed E-state index contributed by atoms with van der Waals surface area (Å²) in [5, 5.41) is 2.31. The van der Waals surface area contributed by atoms with Crippen LogP contribution in [-0.4, -0.2) is 18.5 Å². The zero-order valence-electron chi connectivity index (χ0n) is 7.17. The third kappa shape index (κ3) is 2.78. The maximum Gasteiger partial charge on any atom is 0.345 e. The average molecular weight is 193 g/mol. The van der Waals surface area contributed by atoms with Gasteiger partial charge in [0.2, 0.25) is 0 Å². The summed E-state index contributed by atoms with van der Waals surface area (Å²) in [4.78, 5) is 31.5. The Balaban J connectivity index is 2.59. The summed E-state index contributed by atoms with van der Waals surface area (Å²) in [7, 11) is 0. The van der Waals surface area contributed by atoms with Gasteiger partial charge < -0.3 is 4.74 Å². The summed E-state index contributed by atoms with van der Waals surface area (Å²) in [6.45, 7) is -0.654. The molecule has 72 valence electrons. The Hall–Kier alpha value is -2.04. The molecule has 0 aliphatic rings. The minimum absolute atomic E-state index is 0.256. The molecule has 0 fully saturated rings. The molecule has 0 aliphatic carbocycles. The van der Waals surface area contributed by atoms with Crippen molar-refractivity contribution in [3.8, 4) is 0 Å². The van der Waals surface area contributed by atoms with E-state index in [1.807, 2.05) is 0 Å². The van der Waals surface area contributed by atoms with E-state index >= 15 is 0 Å². The maximum absolute atomic E-state index is 11.1. The van der Waals surface area contributed by atoms with Crippen molar-refractivity contribution in [3.63, 3.8) is 0 Å². The van der Waals surface area contributed by atoms with Gasteiger partial charge in [-0.2, -0.15) is 4.91 Å². The predicted octanol–water partition coefficient (Wildman–Crippen LogP) is 1.14. The van der Waals surface area contributed by atoms with Crippen LogP contribution in [0.25, 0.3) is 0 Å². The minimum atomic E-state index is -0.950. The molecule has 0 aliphatic heterocycles. The number of rotatable bonds is 3. The number of esters is 2. The smallest absolute Gasteiger partial charge is 0.345 e. The topological polar surface area (TPSA) is 72.8 Å². The Labute approximate surface area is 79.7 Å². The number of benzene rings is 1. The molecule has 0 N–H and O–H groups in total. The first-order valence-corrected chi connectivity index (χ1v) is 3.83. The quantitative estimate of drug-likeness (QED) is 0.410. The van der Waals surface area contributed by atoms with Crippen molar-refractivity contribution in [2.45, 2.75) is 0 Å². The number of hydrogen-bond acceptors (Lipinski definition) is 5. The third-order valence-electron chi connectivity index (χ3n) is 1.41. The lowest BCUT2D eigenvalue weighted by molar-refractivity contribution is -0.136. The first-order chi connectivity index (χ1) is 6.74. The molecule has 0 atom stereocenters. The molecule has 14 heavy (non-hydrogen) atoms. The van der Waals surface area contributed by atoms with Gasteiger partial charge in [0.05, 0.1) is 5.56 Å². The number of hydrogen-bond donors (Lipinski definition) is 0. The lowest BCUT2D eigenvalue weighted by atomic mass is 10.2. The van der Waals surface area contributed by atoms with Crippen LogP contribution in [0.15, 0.2) is 35.5 Å². The molecule has 1 aromatic rings. The van der Waals surface area contributed by atoms with E-state index in [1.54, 1.807) is 18.2 Å². The van der Waals surface area contributed by atoms with Gasteiger partial charge in [-0.1, -0.05) is 23.4 Å². The first-order valence-electron chi connectivity index (χ1n) is 3.83. The van der Waals surface area contributed by atoms with Crippen LogP contribution >= 0.6 is 0 Å². The standard InChI is InChI=1S/C9H7NO4/c11-8(6-10-13)14-9(12)7-4-2-1-3-5-7/h1-5H,6H2. The second-order valence-corrected chi connectivity index (χ2v) is 2.41. The highest BCUT2D eigenvalue weighted by atomic mass is 16.6. The van der Waals surface area contributed by atoms with Gasteiger partial charge in [-0.3, -0.25) is 0 Å². The van der Waals surface area contributed by atoms with Crippen LogP contribution < -0.4 is 0 Å². The van der Waals surface area contributed by atoms with E-state index in [0.717, 1.165) is 0 Å². The van der Waals surface area contributed by atoms with Crippen LogP contribution in [0.1, 0.15) is 10.4 Å². The Morgan fingerprint density at radius 2 is 1.86 bits per heavy atom. The van der Waals surface area contributed by atoms with Crippen molar-refractivity contribution in [1.29, 1.82) is 0 Å². The SMILES string of the molecule is O=NCC(=O)OC(=O)c1ccccc1. The molecular formula is C9H7NO4. The molecule has 0 spiro atoms. The Bertz CT molecular complexity index is 347. The van der Waals surface area contributed by atoms with Crippen molar-refractivity contribution >= 4 is 11.9 Å². The molecule has 0 amide bonds. The molecule has 0 heterocycles. The highest BCUT2D eigenvalue weighted by Gasteiger charge is 2.11. The number of ether oxygens (including phenoxy) is 1. The van der Waals surface area contributed by atoms with Crippen LogP contribution in [0.4, 0.5) is 0 Å². The van der Waals surface area contributed by atoms with Gasteiger partial charge in [0, 0.05) is 0 Å². The number of nitroso groups, excluding NO2 is 1. The van der Waals surface area contributed by atoms with Gasteiger partial charge in [0.15, 0.2) is 6.54 Å². The minimum Gasteiger partial charge on any atom is -0.388 e. The van der Waals surface area contributed by atoms with E-state index in [0.29, 0.717) is 0 Å². The van der Waals surface area contributed by atoms with Gasteiger partial charge in [-0.15, -0.1) is 0 Å². The molecule has 0 saturated carbocycles. The normalized spacial score (nSPS) is 9.14. The second kappa shape index (κ2) is 4.86. The van der Waals surface area contributed by atoms with Crippen LogP contribution in [0.5, 0.6) is 0 Å². The van der Waals surface area contributed by atoms with Gasteiger partial charge in [-0.25, -0.2) is 9.59 Å². The van der Waals surface area contributed by atoms with E-state index < -0.39 is 18.5 Å². The number of carbonyl (C=O) groups excluding carboxylic acids is 2. The van der Waals surface area contributed by atoms with Gasteiger partial charge in [0.25, 0.3) is 0 Å². The van der Waals surface area contributed by atoms with Crippen molar-refractivity contribution in [3.05, 3.63) is 40.8 Å². The first kappa shape index (κ1) is 10.0. The molecule has 0 radical (unpaired) electrons. The summed E-state index contributed by atoms with van der Waals surface area (Å²) in [6, 6.07) is 8.01. The summed E-state index contributed by atoms with van der Waals surface area (Å²) in [5.74, 6) is -1.73.